The molecule has 1 aromatic heterocycles. The number of hydrogen-bond acceptors (Lipinski definition) is 4. The van der Waals surface area contributed by atoms with Gasteiger partial charge in [0.15, 0.2) is 0 Å². The van der Waals surface area contributed by atoms with Gasteiger partial charge in [-0.1, -0.05) is 12.8 Å². The lowest BCUT2D eigenvalue weighted by molar-refractivity contribution is 0.296. The van der Waals surface area contributed by atoms with Crippen LogP contribution in [0, 0.1) is 6.92 Å². The van der Waals surface area contributed by atoms with E-state index in [1.807, 2.05) is 13.0 Å². The van der Waals surface area contributed by atoms with Crippen molar-refractivity contribution in [2.45, 2.75) is 38.6 Å². The van der Waals surface area contributed by atoms with Crippen LogP contribution in [-0.2, 0) is 0 Å². The van der Waals surface area contributed by atoms with Gasteiger partial charge in [0.1, 0.15) is 11.6 Å². The number of hydrogen-bond donors (Lipinski definition) is 1. The van der Waals surface area contributed by atoms with Gasteiger partial charge < -0.3 is 10.0 Å². The number of aliphatic hydroxyl groups is 1. The van der Waals surface area contributed by atoms with Crippen LogP contribution in [0.5, 0.6) is 0 Å². The number of rotatable bonds is 4. The van der Waals surface area contributed by atoms with E-state index in [2.05, 4.69) is 14.9 Å². The first-order chi connectivity index (χ1) is 7.81. The molecule has 4 heteroatoms. The summed E-state index contributed by atoms with van der Waals surface area (Å²) < 4.78 is 0. The molecule has 0 amide bonds. The zero-order valence-electron chi connectivity index (χ0n) is 9.76. The van der Waals surface area contributed by atoms with Gasteiger partial charge in [0.2, 0.25) is 0 Å². The van der Waals surface area contributed by atoms with E-state index in [-0.39, 0.29) is 6.61 Å². The Kier molecular flexibility index (Phi) is 3.72. The molecule has 88 valence electrons. The lowest BCUT2D eigenvalue weighted by atomic mass is 10.2. The molecule has 16 heavy (non-hydrogen) atoms. The average Bonchev–Trinajstić information content (AvgIpc) is 2.79. The van der Waals surface area contributed by atoms with E-state index in [0.29, 0.717) is 12.6 Å². The molecule has 0 spiro atoms. The minimum atomic E-state index is 0.180. The minimum Gasteiger partial charge on any atom is -0.395 e. The van der Waals surface area contributed by atoms with Crippen molar-refractivity contribution in [3.05, 3.63) is 18.1 Å². The quantitative estimate of drug-likeness (QED) is 0.837. The van der Waals surface area contributed by atoms with Crippen molar-refractivity contribution < 1.29 is 5.11 Å². The van der Waals surface area contributed by atoms with Crippen molar-refractivity contribution >= 4 is 5.82 Å². The Hall–Kier alpha value is -1.16. The second kappa shape index (κ2) is 5.25. The fourth-order valence-electron chi connectivity index (χ4n) is 2.41. The van der Waals surface area contributed by atoms with Gasteiger partial charge in [-0.15, -0.1) is 0 Å². The zero-order valence-corrected chi connectivity index (χ0v) is 9.76. The smallest absolute Gasteiger partial charge is 0.132 e. The molecule has 1 aromatic rings. The van der Waals surface area contributed by atoms with E-state index in [0.717, 1.165) is 11.6 Å². The van der Waals surface area contributed by atoms with Crippen LogP contribution in [0.4, 0.5) is 5.82 Å². The van der Waals surface area contributed by atoms with Gasteiger partial charge in [-0.3, -0.25) is 0 Å². The van der Waals surface area contributed by atoms with Gasteiger partial charge in [-0.05, 0) is 25.8 Å². The van der Waals surface area contributed by atoms with Crippen LogP contribution in [0.1, 0.15) is 31.5 Å². The van der Waals surface area contributed by atoms with Gasteiger partial charge in [0, 0.05) is 18.8 Å². The molecule has 4 nitrogen and oxygen atoms in total. The van der Waals surface area contributed by atoms with Crippen molar-refractivity contribution in [3.63, 3.8) is 0 Å². The first kappa shape index (κ1) is 11.3. The first-order valence-electron chi connectivity index (χ1n) is 5.98. The third-order valence-corrected chi connectivity index (χ3v) is 3.16. The van der Waals surface area contributed by atoms with E-state index in [9.17, 15) is 0 Å². The van der Waals surface area contributed by atoms with E-state index in [1.54, 1.807) is 6.20 Å². The van der Waals surface area contributed by atoms with Crippen molar-refractivity contribution in [1.29, 1.82) is 0 Å². The predicted octanol–water partition coefficient (Wildman–Crippen LogP) is 1.53. The Labute approximate surface area is 96.3 Å². The topological polar surface area (TPSA) is 49.2 Å². The highest BCUT2D eigenvalue weighted by molar-refractivity contribution is 5.39. The molecule has 1 aliphatic rings. The molecule has 0 unspecified atom stereocenters. The van der Waals surface area contributed by atoms with Crippen LogP contribution in [-0.4, -0.2) is 34.3 Å². The summed E-state index contributed by atoms with van der Waals surface area (Å²) in [7, 11) is 0. The van der Waals surface area contributed by atoms with E-state index in [1.165, 1.54) is 25.7 Å². The van der Waals surface area contributed by atoms with Crippen LogP contribution in [0.3, 0.4) is 0 Å². The fraction of sp³-hybridized carbons (Fsp3) is 0.667. The fourth-order valence-corrected chi connectivity index (χ4v) is 2.41. The lowest BCUT2D eigenvalue weighted by Gasteiger charge is -2.29. The predicted molar refractivity (Wildman–Crippen MR) is 63.5 cm³/mol. The maximum atomic E-state index is 9.14. The largest absolute Gasteiger partial charge is 0.395 e. The van der Waals surface area contributed by atoms with E-state index < -0.39 is 0 Å². The molecule has 1 N–H and O–H groups in total. The van der Waals surface area contributed by atoms with Gasteiger partial charge in [-0.2, -0.15) is 0 Å². The summed E-state index contributed by atoms with van der Waals surface area (Å²) in [4.78, 5) is 10.8. The van der Waals surface area contributed by atoms with Gasteiger partial charge in [0.05, 0.1) is 6.61 Å². The molecule has 1 aliphatic carbocycles. The normalized spacial score (nSPS) is 16.6. The molecule has 0 aliphatic heterocycles. The molecule has 0 aromatic carbocycles. The Balaban J connectivity index is 2.17. The molecular formula is C12H19N3O. The van der Waals surface area contributed by atoms with E-state index >= 15 is 0 Å². The lowest BCUT2D eigenvalue weighted by Crippen LogP contribution is -2.36. The molecule has 0 bridgehead atoms. The number of aromatic nitrogens is 2. The minimum absolute atomic E-state index is 0.180. The molecule has 2 rings (SSSR count). The van der Waals surface area contributed by atoms with Crippen molar-refractivity contribution in [1.82, 2.24) is 9.97 Å². The number of aryl methyl sites for hydroxylation is 1. The maximum Gasteiger partial charge on any atom is 0.132 e. The summed E-state index contributed by atoms with van der Waals surface area (Å²) in [6.45, 7) is 2.75. The Morgan fingerprint density at radius 2 is 2.19 bits per heavy atom. The SMILES string of the molecule is Cc1nccc(N(CCO)C2CCCC2)n1. The summed E-state index contributed by atoms with van der Waals surface area (Å²) in [5.41, 5.74) is 0. The monoisotopic (exact) mass is 221 g/mol. The molecular weight excluding hydrogens is 202 g/mol. The van der Waals surface area contributed by atoms with Crippen LogP contribution in [0.15, 0.2) is 12.3 Å². The highest BCUT2D eigenvalue weighted by Gasteiger charge is 2.23. The Morgan fingerprint density at radius 3 is 2.81 bits per heavy atom. The summed E-state index contributed by atoms with van der Waals surface area (Å²) in [5.74, 6) is 1.74. The van der Waals surface area contributed by atoms with E-state index in [4.69, 9.17) is 5.11 Å². The molecule has 1 saturated carbocycles. The summed E-state index contributed by atoms with van der Waals surface area (Å²) in [5, 5.41) is 9.14. The third kappa shape index (κ3) is 2.50. The number of anilines is 1. The standard InChI is InChI=1S/C12H19N3O/c1-10-13-7-6-12(14-10)15(8-9-16)11-4-2-3-5-11/h6-7,11,16H,2-5,8-9H2,1H3. The van der Waals surface area contributed by atoms with Crippen LogP contribution < -0.4 is 4.90 Å². The molecule has 1 heterocycles. The third-order valence-electron chi connectivity index (χ3n) is 3.16. The Morgan fingerprint density at radius 1 is 1.44 bits per heavy atom. The second-order valence-corrected chi connectivity index (χ2v) is 4.32. The summed E-state index contributed by atoms with van der Waals surface area (Å²) in [6.07, 6.45) is 6.79. The molecule has 0 radical (unpaired) electrons. The van der Waals surface area contributed by atoms with Crippen molar-refractivity contribution in [3.8, 4) is 0 Å². The van der Waals surface area contributed by atoms with Gasteiger partial charge >= 0.3 is 0 Å². The zero-order chi connectivity index (χ0) is 11.4. The van der Waals surface area contributed by atoms with Crippen LogP contribution >= 0.6 is 0 Å². The van der Waals surface area contributed by atoms with Gasteiger partial charge in [0.25, 0.3) is 0 Å². The maximum absolute atomic E-state index is 9.14. The van der Waals surface area contributed by atoms with Crippen LogP contribution in [0.2, 0.25) is 0 Å². The van der Waals surface area contributed by atoms with Crippen molar-refractivity contribution in [2.75, 3.05) is 18.1 Å². The number of aliphatic hydroxyl groups excluding tert-OH is 1. The Bertz CT molecular complexity index is 337. The first-order valence-corrected chi connectivity index (χ1v) is 5.98. The average molecular weight is 221 g/mol. The van der Waals surface area contributed by atoms with Crippen LogP contribution in [0.25, 0.3) is 0 Å². The summed E-state index contributed by atoms with van der Waals surface area (Å²) in [6, 6.07) is 2.47. The highest BCUT2D eigenvalue weighted by Crippen LogP contribution is 2.26. The number of nitrogens with zero attached hydrogens (tertiary/aromatic N) is 3. The summed E-state index contributed by atoms with van der Waals surface area (Å²) >= 11 is 0. The van der Waals surface area contributed by atoms with Gasteiger partial charge in [-0.25, -0.2) is 9.97 Å². The molecule has 0 atom stereocenters. The highest BCUT2D eigenvalue weighted by atomic mass is 16.3. The van der Waals surface area contributed by atoms with Crippen molar-refractivity contribution in [2.24, 2.45) is 0 Å². The second-order valence-electron chi connectivity index (χ2n) is 4.32. The molecule has 1 fully saturated rings. The molecule has 0 saturated heterocycles.